The second-order valence-electron chi connectivity index (χ2n) is 3.64. The summed E-state index contributed by atoms with van der Waals surface area (Å²) in [5.74, 6) is 0. The Morgan fingerprint density at radius 1 is 1.23 bits per heavy atom. The molecule has 1 aliphatic rings. The smallest absolute Gasteiger partial charge is 0.0373 e. The van der Waals surface area contributed by atoms with Gasteiger partial charge >= 0.3 is 0 Å². The van der Waals surface area contributed by atoms with E-state index in [-0.39, 0.29) is 0 Å². The molecule has 2 rings (SSSR count). The molecule has 2 nitrogen and oxygen atoms in total. The second-order valence-corrected chi connectivity index (χ2v) is 3.64. The summed E-state index contributed by atoms with van der Waals surface area (Å²) in [7, 11) is 2.18. The molecule has 0 bridgehead atoms. The highest BCUT2D eigenvalue weighted by Gasteiger charge is 2.07. The molecule has 1 aliphatic heterocycles. The lowest BCUT2D eigenvalue weighted by molar-refractivity contribution is 0.348. The summed E-state index contributed by atoms with van der Waals surface area (Å²) in [5.41, 5.74) is 2.75. The predicted octanol–water partition coefficient (Wildman–Crippen LogP) is 1.59. The second kappa shape index (κ2) is 3.79. The van der Waals surface area contributed by atoms with Crippen molar-refractivity contribution in [3.8, 4) is 0 Å². The Bertz CT molecular complexity index is 283. The predicted molar refractivity (Wildman–Crippen MR) is 56.1 cm³/mol. The van der Waals surface area contributed by atoms with Crippen molar-refractivity contribution in [1.29, 1.82) is 0 Å². The van der Waals surface area contributed by atoms with Gasteiger partial charge in [-0.05, 0) is 25.1 Å². The summed E-state index contributed by atoms with van der Waals surface area (Å²) in [4.78, 5) is 2.36. The van der Waals surface area contributed by atoms with Gasteiger partial charge in [-0.3, -0.25) is 0 Å². The summed E-state index contributed by atoms with van der Waals surface area (Å²) in [5, 5.41) is 3.45. The summed E-state index contributed by atoms with van der Waals surface area (Å²) >= 11 is 0. The van der Waals surface area contributed by atoms with Gasteiger partial charge in [-0.2, -0.15) is 0 Å². The SMILES string of the molecule is CN1CCNc2ccccc2CC1. The van der Waals surface area contributed by atoms with Crippen LogP contribution in [0.25, 0.3) is 0 Å². The lowest BCUT2D eigenvalue weighted by Crippen LogP contribution is -2.29. The molecule has 0 atom stereocenters. The minimum atomic E-state index is 1.05. The molecule has 0 fully saturated rings. The zero-order valence-corrected chi connectivity index (χ0v) is 8.09. The van der Waals surface area contributed by atoms with E-state index in [0.29, 0.717) is 0 Å². The van der Waals surface area contributed by atoms with Crippen LogP contribution in [0.3, 0.4) is 0 Å². The zero-order chi connectivity index (χ0) is 9.10. The van der Waals surface area contributed by atoms with E-state index in [1.807, 2.05) is 0 Å². The average Bonchev–Trinajstić information content (AvgIpc) is 2.13. The number of hydrogen-bond acceptors (Lipinski definition) is 2. The fourth-order valence-corrected chi connectivity index (χ4v) is 1.72. The number of para-hydroxylation sites is 1. The summed E-state index contributed by atoms with van der Waals surface area (Å²) in [6.07, 6.45) is 1.15. The Morgan fingerprint density at radius 3 is 3.00 bits per heavy atom. The first kappa shape index (κ1) is 8.57. The normalized spacial score (nSPS) is 18.2. The van der Waals surface area contributed by atoms with Crippen LogP contribution in [-0.2, 0) is 6.42 Å². The van der Waals surface area contributed by atoms with Crippen LogP contribution >= 0.6 is 0 Å². The van der Waals surface area contributed by atoms with Crippen molar-refractivity contribution in [3.05, 3.63) is 29.8 Å². The van der Waals surface area contributed by atoms with Gasteiger partial charge in [-0.25, -0.2) is 0 Å². The Labute approximate surface area is 79.6 Å². The lowest BCUT2D eigenvalue weighted by atomic mass is 10.1. The third kappa shape index (κ3) is 2.01. The molecule has 13 heavy (non-hydrogen) atoms. The molecule has 1 heterocycles. The maximum absolute atomic E-state index is 3.45. The molecule has 0 saturated heterocycles. The van der Waals surface area contributed by atoms with Crippen LogP contribution in [0.15, 0.2) is 24.3 Å². The average molecular weight is 176 g/mol. The molecular formula is C11H16N2. The van der Waals surface area contributed by atoms with Gasteiger partial charge < -0.3 is 10.2 Å². The summed E-state index contributed by atoms with van der Waals surface area (Å²) in [6, 6.07) is 8.58. The molecular weight excluding hydrogens is 160 g/mol. The Hall–Kier alpha value is -1.02. The molecule has 0 aromatic heterocycles. The van der Waals surface area contributed by atoms with Crippen LogP contribution in [-0.4, -0.2) is 31.6 Å². The first-order valence-electron chi connectivity index (χ1n) is 4.86. The number of likely N-dealkylation sites (N-methyl/N-ethyl adjacent to an activating group) is 1. The number of benzene rings is 1. The number of anilines is 1. The maximum atomic E-state index is 3.45. The monoisotopic (exact) mass is 176 g/mol. The van der Waals surface area contributed by atoms with Gasteiger partial charge in [0.25, 0.3) is 0 Å². The van der Waals surface area contributed by atoms with Crippen molar-refractivity contribution >= 4 is 5.69 Å². The van der Waals surface area contributed by atoms with Crippen LogP contribution < -0.4 is 5.32 Å². The van der Waals surface area contributed by atoms with Crippen LogP contribution in [0.5, 0.6) is 0 Å². The maximum Gasteiger partial charge on any atom is 0.0373 e. The van der Waals surface area contributed by atoms with Gasteiger partial charge in [0.15, 0.2) is 0 Å². The Kier molecular flexibility index (Phi) is 2.50. The van der Waals surface area contributed by atoms with E-state index in [0.717, 1.165) is 19.5 Å². The molecule has 0 unspecified atom stereocenters. The minimum absolute atomic E-state index is 1.05. The number of nitrogens with zero attached hydrogens (tertiary/aromatic N) is 1. The van der Waals surface area contributed by atoms with Crippen LogP contribution in [0, 0.1) is 0 Å². The van der Waals surface area contributed by atoms with Crippen molar-refractivity contribution in [2.75, 3.05) is 32.0 Å². The van der Waals surface area contributed by atoms with Gasteiger partial charge in [0.05, 0.1) is 0 Å². The molecule has 1 aromatic rings. The standard InChI is InChI=1S/C11H16N2/c1-13-8-6-10-4-2-3-5-11(10)12-7-9-13/h2-5,12H,6-9H2,1H3. The molecule has 0 spiro atoms. The molecule has 1 N–H and O–H groups in total. The largest absolute Gasteiger partial charge is 0.384 e. The third-order valence-corrected chi connectivity index (χ3v) is 2.59. The topological polar surface area (TPSA) is 15.3 Å². The highest BCUT2D eigenvalue weighted by molar-refractivity contribution is 5.51. The summed E-state index contributed by atoms with van der Waals surface area (Å²) in [6.45, 7) is 3.35. The number of nitrogens with one attached hydrogen (secondary N) is 1. The Morgan fingerprint density at radius 2 is 2.08 bits per heavy atom. The molecule has 70 valence electrons. The molecule has 2 heteroatoms. The molecule has 0 saturated carbocycles. The fraction of sp³-hybridized carbons (Fsp3) is 0.455. The van der Waals surface area contributed by atoms with Gasteiger partial charge in [0.2, 0.25) is 0 Å². The van der Waals surface area contributed by atoms with E-state index >= 15 is 0 Å². The van der Waals surface area contributed by atoms with Crippen LogP contribution in [0.1, 0.15) is 5.56 Å². The van der Waals surface area contributed by atoms with E-state index in [1.165, 1.54) is 17.8 Å². The van der Waals surface area contributed by atoms with Crippen LogP contribution in [0.4, 0.5) is 5.69 Å². The highest BCUT2D eigenvalue weighted by Crippen LogP contribution is 2.16. The molecule has 0 aliphatic carbocycles. The first-order valence-corrected chi connectivity index (χ1v) is 4.86. The molecule has 0 amide bonds. The van der Waals surface area contributed by atoms with Crippen molar-refractivity contribution < 1.29 is 0 Å². The summed E-state index contributed by atoms with van der Waals surface area (Å²) < 4.78 is 0. The van der Waals surface area contributed by atoms with Gasteiger partial charge in [-0.1, -0.05) is 18.2 Å². The van der Waals surface area contributed by atoms with E-state index in [2.05, 4.69) is 41.5 Å². The minimum Gasteiger partial charge on any atom is -0.384 e. The first-order chi connectivity index (χ1) is 6.36. The third-order valence-electron chi connectivity index (χ3n) is 2.59. The van der Waals surface area contributed by atoms with E-state index < -0.39 is 0 Å². The number of rotatable bonds is 0. The van der Waals surface area contributed by atoms with E-state index in [4.69, 9.17) is 0 Å². The fourth-order valence-electron chi connectivity index (χ4n) is 1.72. The van der Waals surface area contributed by atoms with Gasteiger partial charge in [0, 0.05) is 25.3 Å². The van der Waals surface area contributed by atoms with E-state index in [9.17, 15) is 0 Å². The lowest BCUT2D eigenvalue weighted by Gasteiger charge is -2.22. The van der Waals surface area contributed by atoms with Crippen molar-refractivity contribution in [2.24, 2.45) is 0 Å². The van der Waals surface area contributed by atoms with Gasteiger partial charge in [-0.15, -0.1) is 0 Å². The number of fused-ring (bicyclic) bond motifs is 1. The zero-order valence-electron chi connectivity index (χ0n) is 8.09. The van der Waals surface area contributed by atoms with Gasteiger partial charge in [0.1, 0.15) is 0 Å². The van der Waals surface area contributed by atoms with Crippen LogP contribution in [0.2, 0.25) is 0 Å². The number of hydrogen-bond donors (Lipinski definition) is 1. The molecule has 0 radical (unpaired) electrons. The van der Waals surface area contributed by atoms with Crippen molar-refractivity contribution in [3.63, 3.8) is 0 Å². The highest BCUT2D eigenvalue weighted by atomic mass is 15.1. The van der Waals surface area contributed by atoms with E-state index in [1.54, 1.807) is 0 Å². The van der Waals surface area contributed by atoms with Crippen molar-refractivity contribution in [1.82, 2.24) is 4.90 Å². The van der Waals surface area contributed by atoms with Crippen molar-refractivity contribution in [2.45, 2.75) is 6.42 Å². The quantitative estimate of drug-likeness (QED) is 0.645. The molecule has 1 aromatic carbocycles. The Balaban J connectivity index is 2.20.